The van der Waals surface area contributed by atoms with Gasteiger partial charge in [0.05, 0.1) is 13.2 Å². The molecular weight excluding hydrogens is 641 g/mol. The van der Waals surface area contributed by atoms with Crippen molar-refractivity contribution in [2.75, 3.05) is 26.4 Å². The highest BCUT2D eigenvalue weighted by Crippen LogP contribution is 2.43. The molecule has 0 spiro atoms. The van der Waals surface area contributed by atoms with Gasteiger partial charge in [-0.1, -0.05) is 128 Å². The maximum Gasteiger partial charge on any atom is 0.472 e. The molecule has 0 aliphatic rings. The van der Waals surface area contributed by atoms with Gasteiger partial charge < -0.3 is 20.1 Å². The third-order valence-electron chi connectivity index (χ3n) is 8.31. The number of esters is 2. The Kier molecular flexibility index (Phi) is 35.2. The van der Waals surface area contributed by atoms with Gasteiger partial charge in [-0.25, -0.2) is 4.57 Å². The van der Waals surface area contributed by atoms with E-state index in [4.69, 9.17) is 24.3 Å². The average Bonchev–Trinajstić information content (AvgIpc) is 3.08. The number of carbonyl (C=O) groups excluding carboxylic acids is 2. The van der Waals surface area contributed by atoms with Crippen molar-refractivity contribution >= 4 is 19.8 Å². The lowest BCUT2D eigenvalue weighted by Crippen LogP contribution is -2.29. The van der Waals surface area contributed by atoms with Crippen LogP contribution in [0.15, 0.2) is 24.3 Å². The van der Waals surface area contributed by atoms with E-state index in [0.717, 1.165) is 70.6 Å². The minimum Gasteiger partial charge on any atom is -0.462 e. The summed E-state index contributed by atoms with van der Waals surface area (Å²) in [5.41, 5.74) is 5.33. The van der Waals surface area contributed by atoms with E-state index in [-0.39, 0.29) is 32.6 Å². The first kappa shape index (κ1) is 47.5. The summed E-state index contributed by atoms with van der Waals surface area (Å²) in [6.45, 7) is 3.69. The van der Waals surface area contributed by atoms with E-state index >= 15 is 0 Å². The molecule has 0 aromatic rings. The molecular formula is C39H74NO8P. The zero-order chi connectivity index (χ0) is 36.1. The maximum atomic E-state index is 12.5. The predicted molar refractivity (Wildman–Crippen MR) is 201 cm³/mol. The van der Waals surface area contributed by atoms with Crippen molar-refractivity contribution in [2.45, 2.75) is 187 Å². The summed E-state index contributed by atoms with van der Waals surface area (Å²) in [5, 5.41) is 0. The molecule has 0 aliphatic carbocycles. The molecule has 0 saturated heterocycles. The van der Waals surface area contributed by atoms with Crippen molar-refractivity contribution < 1.29 is 37.6 Å². The van der Waals surface area contributed by atoms with Crippen molar-refractivity contribution in [3.05, 3.63) is 24.3 Å². The number of hydrogen-bond donors (Lipinski definition) is 2. The van der Waals surface area contributed by atoms with Gasteiger partial charge in [-0.05, 0) is 64.2 Å². The first-order valence-corrected chi connectivity index (χ1v) is 21.3. The zero-order valence-corrected chi connectivity index (χ0v) is 32.3. The van der Waals surface area contributed by atoms with Gasteiger partial charge in [-0.3, -0.25) is 18.6 Å². The number of hydrogen-bond acceptors (Lipinski definition) is 8. The van der Waals surface area contributed by atoms with Gasteiger partial charge in [0.15, 0.2) is 6.10 Å². The number of rotatable bonds is 37. The molecule has 2 atom stereocenters. The highest BCUT2D eigenvalue weighted by Gasteiger charge is 2.25. The van der Waals surface area contributed by atoms with E-state index in [0.29, 0.717) is 6.42 Å². The number of phosphoric acid groups is 1. The van der Waals surface area contributed by atoms with Gasteiger partial charge in [0, 0.05) is 19.4 Å². The minimum absolute atomic E-state index is 0.0517. The fourth-order valence-electron chi connectivity index (χ4n) is 5.33. The van der Waals surface area contributed by atoms with Gasteiger partial charge in [0.2, 0.25) is 0 Å². The van der Waals surface area contributed by atoms with E-state index in [1.54, 1.807) is 0 Å². The first-order chi connectivity index (χ1) is 23.8. The Balaban J connectivity index is 4.23. The molecule has 0 heterocycles. The van der Waals surface area contributed by atoms with Crippen molar-refractivity contribution in [1.82, 2.24) is 0 Å². The van der Waals surface area contributed by atoms with E-state index in [2.05, 4.69) is 38.2 Å². The van der Waals surface area contributed by atoms with Crippen LogP contribution >= 0.6 is 7.82 Å². The van der Waals surface area contributed by atoms with Gasteiger partial charge in [-0.15, -0.1) is 0 Å². The molecule has 0 amide bonds. The summed E-state index contributed by atoms with van der Waals surface area (Å²) in [7, 11) is -4.37. The fraction of sp³-hybridized carbons (Fsp3) is 0.846. The molecule has 0 fully saturated rings. The molecule has 10 heteroatoms. The predicted octanol–water partition coefficient (Wildman–Crippen LogP) is 10.8. The van der Waals surface area contributed by atoms with Gasteiger partial charge in [0.25, 0.3) is 0 Å². The molecule has 3 N–H and O–H groups in total. The Hall–Kier alpha value is -1.51. The highest BCUT2D eigenvalue weighted by atomic mass is 31.2. The molecule has 0 aliphatic heterocycles. The summed E-state index contributed by atoms with van der Waals surface area (Å²) in [5.74, 6) is -0.847. The Bertz CT molecular complexity index is 866. The first-order valence-electron chi connectivity index (χ1n) is 19.8. The zero-order valence-electron chi connectivity index (χ0n) is 31.4. The van der Waals surface area contributed by atoms with Crippen molar-refractivity contribution in [2.24, 2.45) is 5.73 Å². The number of nitrogens with two attached hydrogens (primary N) is 1. The van der Waals surface area contributed by atoms with Crippen LogP contribution < -0.4 is 5.73 Å². The van der Waals surface area contributed by atoms with Crippen LogP contribution in [0, 0.1) is 0 Å². The van der Waals surface area contributed by atoms with Crippen LogP contribution in [0.25, 0.3) is 0 Å². The number of ether oxygens (including phenoxy) is 2. The second kappa shape index (κ2) is 36.3. The van der Waals surface area contributed by atoms with Crippen LogP contribution in [0.5, 0.6) is 0 Å². The monoisotopic (exact) mass is 716 g/mol. The molecule has 9 nitrogen and oxygen atoms in total. The molecule has 0 rings (SSSR count). The lowest BCUT2D eigenvalue weighted by molar-refractivity contribution is -0.161. The Labute approximate surface area is 300 Å². The van der Waals surface area contributed by atoms with Crippen molar-refractivity contribution in [3.8, 4) is 0 Å². The van der Waals surface area contributed by atoms with Crippen LogP contribution in [0.1, 0.15) is 181 Å². The van der Waals surface area contributed by atoms with Crippen molar-refractivity contribution in [1.29, 1.82) is 0 Å². The average molecular weight is 716 g/mol. The smallest absolute Gasteiger partial charge is 0.462 e. The van der Waals surface area contributed by atoms with E-state index in [1.165, 1.54) is 77.0 Å². The molecule has 288 valence electrons. The standard InChI is InChI=1S/C39H74NO8P/c1-3-5-7-9-11-13-15-17-19-21-23-25-27-29-31-38(41)45-35-37(36-47-49(43,44)46-34-33-40)48-39(42)32-30-28-26-24-22-20-18-16-14-12-10-8-6-4-2/h15-18,37H,3-14,19-36,40H2,1-2H3,(H,43,44)/b17-15+,18-16+/t37-/m1/s1. The molecule has 0 aromatic heterocycles. The topological polar surface area (TPSA) is 134 Å². The van der Waals surface area contributed by atoms with E-state index in [9.17, 15) is 19.0 Å². The van der Waals surface area contributed by atoms with Crippen LogP contribution in [0.2, 0.25) is 0 Å². The lowest BCUT2D eigenvalue weighted by atomic mass is 10.1. The molecule has 0 radical (unpaired) electrons. The summed E-state index contributed by atoms with van der Waals surface area (Å²) in [6.07, 6.45) is 36.3. The third kappa shape index (κ3) is 36.1. The summed E-state index contributed by atoms with van der Waals surface area (Å²) < 4.78 is 32.7. The maximum absolute atomic E-state index is 12.5. The lowest BCUT2D eigenvalue weighted by Gasteiger charge is -2.19. The van der Waals surface area contributed by atoms with Crippen molar-refractivity contribution in [3.63, 3.8) is 0 Å². The Morgan fingerprint density at radius 3 is 1.45 bits per heavy atom. The molecule has 0 bridgehead atoms. The quantitative estimate of drug-likeness (QED) is 0.0279. The molecule has 0 aromatic carbocycles. The summed E-state index contributed by atoms with van der Waals surface area (Å²) in [6, 6.07) is 0. The van der Waals surface area contributed by atoms with Crippen LogP contribution in [0.3, 0.4) is 0 Å². The van der Waals surface area contributed by atoms with Crippen LogP contribution in [-0.2, 0) is 32.7 Å². The number of carbonyl (C=O) groups is 2. The fourth-order valence-corrected chi connectivity index (χ4v) is 6.09. The molecule has 0 saturated carbocycles. The minimum atomic E-state index is -4.37. The summed E-state index contributed by atoms with van der Waals surface area (Å²) in [4.78, 5) is 34.7. The van der Waals surface area contributed by atoms with Crippen LogP contribution in [-0.4, -0.2) is 49.3 Å². The second-order valence-corrected chi connectivity index (χ2v) is 14.6. The normalized spacial score (nSPS) is 13.6. The molecule has 1 unspecified atom stereocenters. The highest BCUT2D eigenvalue weighted by molar-refractivity contribution is 7.47. The van der Waals surface area contributed by atoms with Gasteiger partial charge >= 0.3 is 19.8 Å². The van der Waals surface area contributed by atoms with Gasteiger partial charge in [0.1, 0.15) is 6.61 Å². The van der Waals surface area contributed by atoms with Gasteiger partial charge in [-0.2, -0.15) is 0 Å². The Morgan fingerprint density at radius 2 is 1.00 bits per heavy atom. The number of allylic oxidation sites excluding steroid dienone is 4. The van der Waals surface area contributed by atoms with Crippen LogP contribution in [0.4, 0.5) is 0 Å². The molecule has 49 heavy (non-hydrogen) atoms. The number of unbranched alkanes of at least 4 members (excludes halogenated alkanes) is 20. The second-order valence-electron chi connectivity index (χ2n) is 13.1. The Morgan fingerprint density at radius 1 is 0.592 bits per heavy atom. The summed E-state index contributed by atoms with van der Waals surface area (Å²) >= 11 is 0. The SMILES string of the molecule is CCCCCCC/C=C/CCCCCCCC(=O)OC[C@H](COP(=O)(O)OCCN)OC(=O)CCCCCCC/C=C/CCCCCCC. The third-order valence-corrected chi connectivity index (χ3v) is 9.29. The van der Waals surface area contributed by atoms with E-state index < -0.39 is 32.5 Å². The largest absolute Gasteiger partial charge is 0.472 e. The van der Waals surface area contributed by atoms with E-state index in [1.807, 2.05) is 0 Å². The number of phosphoric ester groups is 1.